The van der Waals surface area contributed by atoms with Gasteiger partial charge in [-0.15, -0.1) is 0 Å². The molecule has 0 unspecified atom stereocenters. The zero-order valence-corrected chi connectivity index (χ0v) is 19.2. The van der Waals surface area contributed by atoms with Crippen molar-refractivity contribution in [1.29, 1.82) is 0 Å². The van der Waals surface area contributed by atoms with Gasteiger partial charge < -0.3 is 4.74 Å². The highest BCUT2D eigenvalue weighted by Crippen LogP contribution is 2.33. The van der Waals surface area contributed by atoms with Gasteiger partial charge in [0, 0.05) is 10.0 Å². The predicted octanol–water partition coefficient (Wildman–Crippen LogP) is 5.60. The molecule has 0 aliphatic carbocycles. The number of fused-ring (bicyclic) bond motifs is 1. The quantitative estimate of drug-likeness (QED) is 0.243. The number of carbonyl (C=O) groups is 4. The van der Waals surface area contributed by atoms with E-state index in [1.807, 2.05) is 0 Å². The molecule has 0 saturated carbocycles. The lowest BCUT2D eigenvalue weighted by Gasteiger charge is -2.14. The summed E-state index contributed by atoms with van der Waals surface area (Å²) in [4.78, 5) is 51.2. The number of imide groups is 1. The van der Waals surface area contributed by atoms with Crippen LogP contribution < -0.4 is 4.90 Å². The maximum absolute atomic E-state index is 12.9. The lowest BCUT2D eigenvalue weighted by Crippen LogP contribution is -2.29. The minimum Gasteiger partial charge on any atom is -0.454 e. The molecule has 160 valence electrons. The van der Waals surface area contributed by atoms with E-state index in [0.717, 1.165) is 9.37 Å². The number of anilines is 1. The second kappa shape index (κ2) is 8.86. The number of benzene rings is 3. The average Bonchev–Trinajstić information content (AvgIpc) is 3.04. The van der Waals surface area contributed by atoms with Crippen LogP contribution in [0.2, 0.25) is 10.0 Å². The Hall–Kier alpha value is -3.00. The normalized spacial score (nSPS) is 12.7. The van der Waals surface area contributed by atoms with Gasteiger partial charge in [-0.1, -0.05) is 51.3 Å². The fraction of sp³-hybridized carbons (Fsp3) is 0.0435. The topological polar surface area (TPSA) is 80.8 Å². The Bertz CT molecular complexity index is 1290. The lowest BCUT2D eigenvalue weighted by molar-refractivity contribution is 0.0474. The van der Waals surface area contributed by atoms with Crippen LogP contribution in [0.1, 0.15) is 41.4 Å². The fourth-order valence-corrected chi connectivity index (χ4v) is 3.72. The average molecular weight is 533 g/mol. The van der Waals surface area contributed by atoms with Crippen LogP contribution in [0.15, 0.2) is 65.1 Å². The number of nitrogens with zero attached hydrogens (tertiary/aromatic N) is 1. The Morgan fingerprint density at radius 3 is 2.16 bits per heavy atom. The second-order valence-electron chi connectivity index (χ2n) is 6.81. The number of carbonyl (C=O) groups excluding carboxylic acids is 4. The molecule has 0 N–H and O–H groups in total. The molecule has 0 aromatic heterocycles. The first-order chi connectivity index (χ1) is 15.3. The second-order valence-corrected chi connectivity index (χ2v) is 8.54. The molecule has 0 spiro atoms. The third kappa shape index (κ3) is 4.19. The van der Waals surface area contributed by atoms with Gasteiger partial charge in [-0.2, -0.15) is 0 Å². The number of Topliss-reactive ketones (excluding diaryl/α,β-unsaturated/α-hetero) is 1. The van der Waals surface area contributed by atoms with Crippen LogP contribution in [0.25, 0.3) is 0 Å². The third-order valence-electron chi connectivity index (χ3n) is 4.78. The number of rotatable bonds is 5. The first kappa shape index (κ1) is 22.2. The molecule has 9 heteroatoms. The molecule has 1 aliphatic heterocycles. The smallest absolute Gasteiger partial charge is 0.338 e. The van der Waals surface area contributed by atoms with Gasteiger partial charge >= 0.3 is 5.97 Å². The first-order valence-electron chi connectivity index (χ1n) is 9.20. The van der Waals surface area contributed by atoms with Gasteiger partial charge in [0.2, 0.25) is 0 Å². The van der Waals surface area contributed by atoms with E-state index in [0.29, 0.717) is 5.56 Å². The maximum Gasteiger partial charge on any atom is 0.338 e. The number of ketones is 1. The summed E-state index contributed by atoms with van der Waals surface area (Å²) in [5.41, 5.74) is 0.894. The van der Waals surface area contributed by atoms with Crippen molar-refractivity contribution >= 4 is 68.4 Å². The van der Waals surface area contributed by atoms with Crippen molar-refractivity contribution in [2.24, 2.45) is 0 Å². The fourth-order valence-electron chi connectivity index (χ4n) is 3.16. The molecular formula is C23H12BrCl2NO5. The van der Waals surface area contributed by atoms with Crippen LogP contribution in [-0.2, 0) is 4.74 Å². The van der Waals surface area contributed by atoms with Crippen LogP contribution in [0.5, 0.6) is 0 Å². The molecule has 1 aliphatic rings. The van der Waals surface area contributed by atoms with Crippen LogP contribution in [0.4, 0.5) is 5.69 Å². The van der Waals surface area contributed by atoms with Crippen molar-refractivity contribution in [3.63, 3.8) is 0 Å². The van der Waals surface area contributed by atoms with Crippen molar-refractivity contribution in [2.45, 2.75) is 0 Å². The van der Waals surface area contributed by atoms with E-state index in [-0.39, 0.29) is 38.2 Å². The van der Waals surface area contributed by atoms with E-state index in [9.17, 15) is 19.2 Å². The lowest BCUT2D eigenvalue weighted by atomic mass is 10.1. The largest absolute Gasteiger partial charge is 0.454 e. The molecule has 1 heterocycles. The molecule has 0 fully saturated rings. The number of hydrogen-bond acceptors (Lipinski definition) is 5. The third-order valence-corrected chi connectivity index (χ3v) is 6.05. The SMILES string of the molecule is O=C(COC(=O)c1ccc2c(c1)C(=O)N(c1ccc(Cl)c(Cl)c1)C2=O)c1ccc(Br)cc1. The maximum atomic E-state index is 12.9. The van der Waals surface area contributed by atoms with Crippen LogP contribution >= 0.6 is 39.1 Å². The molecule has 4 rings (SSSR count). The number of amides is 2. The molecule has 3 aromatic rings. The Morgan fingerprint density at radius 2 is 1.47 bits per heavy atom. The summed E-state index contributed by atoms with van der Waals surface area (Å²) in [6.07, 6.45) is 0. The highest BCUT2D eigenvalue weighted by molar-refractivity contribution is 9.10. The van der Waals surface area contributed by atoms with Crippen molar-refractivity contribution in [1.82, 2.24) is 0 Å². The van der Waals surface area contributed by atoms with E-state index in [4.69, 9.17) is 27.9 Å². The van der Waals surface area contributed by atoms with Crippen LogP contribution in [0.3, 0.4) is 0 Å². The van der Waals surface area contributed by atoms with Gasteiger partial charge in [0.25, 0.3) is 11.8 Å². The van der Waals surface area contributed by atoms with Crippen LogP contribution in [-0.4, -0.2) is 30.2 Å². The van der Waals surface area contributed by atoms with Crippen molar-refractivity contribution in [3.05, 3.63) is 97.4 Å². The molecule has 2 amide bonds. The minimum atomic E-state index is -0.786. The van der Waals surface area contributed by atoms with Crippen molar-refractivity contribution < 1.29 is 23.9 Å². The number of halogens is 3. The summed E-state index contributed by atoms with van der Waals surface area (Å²) in [5, 5.41) is 0.482. The van der Waals surface area contributed by atoms with E-state index in [1.165, 1.54) is 36.4 Å². The number of ether oxygens (including phenoxy) is 1. The Labute approximate surface area is 200 Å². The first-order valence-corrected chi connectivity index (χ1v) is 10.7. The van der Waals surface area contributed by atoms with E-state index in [2.05, 4.69) is 15.9 Å². The van der Waals surface area contributed by atoms with Crippen molar-refractivity contribution in [3.8, 4) is 0 Å². The van der Waals surface area contributed by atoms with E-state index >= 15 is 0 Å². The zero-order chi connectivity index (χ0) is 23.0. The molecule has 3 aromatic carbocycles. The van der Waals surface area contributed by atoms with E-state index in [1.54, 1.807) is 24.3 Å². The Morgan fingerprint density at radius 1 is 0.812 bits per heavy atom. The minimum absolute atomic E-state index is 0.0458. The summed E-state index contributed by atoms with van der Waals surface area (Å²) >= 11 is 15.2. The molecule has 0 radical (unpaired) electrons. The molecule has 0 atom stereocenters. The number of esters is 1. The Balaban J connectivity index is 1.51. The predicted molar refractivity (Wildman–Crippen MR) is 123 cm³/mol. The number of hydrogen-bond donors (Lipinski definition) is 0. The van der Waals surface area contributed by atoms with Gasteiger partial charge in [-0.25, -0.2) is 9.69 Å². The van der Waals surface area contributed by atoms with Gasteiger partial charge in [0.1, 0.15) is 0 Å². The van der Waals surface area contributed by atoms with Gasteiger partial charge in [-0.3, -0.25) is 14.4 Å². The van der Waals surface area contributed by atoms with E-state index < -0.39 is 24.4 Å². The molecule has 6 nitrogen and oxygen atoms in total. The zero-order valence-electron chi connectivity index (χ0n) is 16.1. The van der Waals surface area contributed by atoms with Crippen molar-refractivity contribution in [2.75, 3.05) is 11.5 Å². The van der Waals surface area contributed by atoms with Gasteiger partial charge in [0.15, 0.2) is 12.4 Å². The summed E-state index contributed by atoms with van der Waals surface area (Å²) in [7, 11) is 0. The van der Waals surface area contributed by atoms with Gasteiger partial charge in [-0.05, 0) is 48.5 Å². The molecule has 32 heavy (non-hydrogen) atoms. The monoisotopic (exact) mass is 531 g/mol. The summed E-state index contributed by atoms with van der Waals surface area (Å²) < 4.78 is 5.91. The highest BCUT2D eigenvalue weighted by atomic mass is 79.9. The molecule has 0 bridgehead atoms. The standard InChI is InChI=1S/C23H12BrCl2NO5/c24-14-4-1-12(2-5-14)20(28)11-32-23(31)13-3-7-16-17(9-13)22(30)27(21(16)29)15-6-8-18(25)19(26)10-15/h1-10H,11H2. The highest BCUT2D eigenvalue weighted by Gasteiger charge is 2.37. The summed E-state index contributed by atoms with van der Waals surface area (Å²) in [6, 6.07) is 15.0. The Kier molecular flexibility index (Phi) is 6.15. The molecular weight excluding hydrogens is 521 g/mol. The summed E-state index contributed by atoms with van der Waals surface area (Å²) in [6.45, 7) is -0.459. The van der Waals surface area contributed by atoms with Gasteiger partial charge in [0.05, 0.1) is 32.4 Å². The molecule has 0 saturated heterocycles. The summed E-state index contributed by atoms with van der Waals surface area (Å²) in [5.74, 6) is -2.31. The van der Waals surface area contributed by atoms with Crippen LogP contribution in [0, 0.1) is 0 Å².